The van der Waals surface area contributed by atoms with Crippen molar-refractivity contribution in [1.29, 1.82) is 0 Å². The maximum atomic E-state index is 12.0. The van der Waals surface area contributed by atoms with E-state index >= 15 is 0 Å². The number of nitrogens with zero attached hydrogens (tertiary/aromatic N) is 4. The molecular weight excluding hydrogens is 398 g/mol. The van der Waals surface area contributed by atoms with Crippen molar-refractivity contribution in [3.05, 3.63) is 72.8 Å². The van der Waals surface area contributed by atoms with E-state index in [9.17, 15) is 4.79 Å². The summed E-state index contributed by atoms with van der Waals surface area (Å²) in [7, 11) is 0. The Balaban J connectivity index is 1.24. The topological polar surface area (TPSA) is 81.4 Å². The Morgan fingerprint density at radius 2 is 1.73 bits per heavy atom. The Bertz CT molecular complexity index is 1100. The smallest absolute Gasteiger partial charge is 0.231 e. The minimum Gasteiger partial charge on any atom is -0.475 e. The largest absolute Gasteiger partial charge is 0.475 e. The Morgan fingerprint density at radius 1 is 0.967 bits per heavy atom. The number of hydrogen-bond acceptors (Lipinski definition) is 6. The van der Waals surface area contributed by atoms with E-state index < -0.39 is 0 Å². The summed E-state index contributed by atoms with van der Waals surface area (Å²) in [5.74, 6) is 1.86. The predicted octanol–water partition coefficient (Wildman–Crippen LogP) is 3.47. The summed E-state index contributed by atoms with van der Waals surface area (Å²) < 4.78 is 7.35. The number of rotatable bonds is 9. The highest BCUT2D eigenvalue weighted by atomic mass is 32.2. The number of amides is 1. The first-order valence-electron chi connectivity index (χ1n) is 9.65. The molecule has 2 aromatic heterocycles. The van der Waals surface area contributed by atoms with Crippen LogP contribution in [0.3, 0.4) is 0 Å². The second-order valence-corrected chi connectivity index (χ2v) is 7.61. The molecule has 0 bridgehead atoms. The Labute approximate surface area is 178 Å². The standard InChI is InChI=1S/C22H21N5O2S/c28-20(13-16-30-18-9-5-2-6-10-18)23-14-15-29-21-12-11-19-24-25-22(27(19)26-21)17-7-3-1-4-8-17/h1-12H,13-16H2,(H,23,28). The van der Waals surface area contributed by atoms with E-state index in [0.29, 0.717) is 36.9 Å². The van der Waals surface area contributed by atoms with Crippen molar-refractivity contribution in [1.82, 2.24) is 25.1 Å². The second kappa shape index (κ2) is 9.89. The van der Waals surface area contributed by atoms with Crippen LogP contribution >= 0.6 is 11.8 Å². The first kappa shape index (κ1) is 19.9. The van der Waals surface area contributed by atoms with Crippen molar-refractivity contribution in [3.63, 3.8) is 0 Å². The summed E-state index contributed by atoms with van der Waals surface area (Å²) in [5, 5.41) is 15.7. The number of hydrogen-bond donors (Lipinski definition) is 1. The van der Waals surface area contributed by atoms with Gasteiger partial charge in [-0.2, -0.15) is 4.52 Å². The summed E-state index contributed by atoms with van der Waals surface area (Å²) >= 11 is 1.67. The average Bonchev–Trinajstić information content (AvgIpc) is 3.21. The average molecular weight is 420 g/mol. The van der Waals surface area contributed by atoms with Crippen LogP contribution in [-0.4, -0.2) is 44.6 Å². The summed E-state index contributed by atoms with van der Waals surface area (Å²) in [6.45, 7) is 0.751. The third kappa shape index (κ3) is 5.15. The van der Waals surface area contributed by atoms with Crippen molar-refractivity contribution in [2.24, 2.45) is 0 Å². The van der Waals surface area contributed by atoms with Crippen LogP contribution in [0, 0.1) is 0 Å². The quantitative estimate of drug-likeness (QED) is 0.330. The number of carbonyl (C=O) groups is 1. The highest BCUT2D eigenvalue weighted by molar-refractivity contribution is 7.99. The van der Waals surface area contributed by atoms with Crippen LogP contribution in [-0.2, 0) is 4.79 Å². The molecule has 0 radical (unpaired) electrons. The van der Waals surface area contributed by atoms with Crippen LogP contribution in [0.2, 0.25) is 0 Å². The molecule has 2 heterocycles. The summed E-state index contributed by atoms with van der Waals surface area (Å²) in [6, 6.07) is 23.3. The number of nitrogens with one attached hydrogen (secondary N) is 1. The predicted molar refractivity (Wildman–Crippen MR) is 117 cm³/mol. The third-order valence-corrected chi connectivity index (χ3v) is 5.30. The molecule has 8 heteroatoms. The van der Waals surface area contributed by atoms with E-state index in [1.54, 1.807) is 28.4 Å². The van der Waals surface area contributed by atoms with Gasteiger partial charge in [0.05, 0.1) is 6.54 Å². The molecule has 0 spiro atoms. The lowest BCUT2D eigenvalue weighted by atomic mass is 10.2. The summed E-state index contributed by atoms with van der Waals surface area (Å²) in [5.41, 5.74) is 1.57. The van der Waals surface area contributed by atoms with Crippen molar-refractivity contribution in [3.8, 4) is 17.3 Å². The monoisotopic (exact) mass is 419 g/mol. The molecule has 0 aliphatic rings. The lowest BCUT2D eigenvalue weighted by molar-refractivity contribution is -0.120. The zero-order valence-corrected chi connectivity index (χ0v) is 17.1. The van der Waals surface area contributed by atoms with Gasteiger partial charge >= 0.3 is 0 Å². The maximum absolute atomic E-state index is 12.0. The first-order chi connectivity index (χ1) is 14.8. The van der Waals surface area contributed by atoms with Crippen molar-refractivity contribution < 1.29 is 9.53 Å². The van der Waals surface area contributed by atoms with E-state index in [2.05, 4.69) is 20.6 Å². The molecule has 0 aliphatic carbocycles. The van der Waals surface area contributed by atoms with Crippen LogP contribution in [0.4, 0.5) is 0 Å². The van der Waals surface area contributed by atoms with Gasteiger partial charge in [-0.3, -0.25) is 4.79 Å². The highest BCUT2D eigenvalue weighted by Gasteiger charge is 2.10. The molecule has 0 atom stereocenters. The molecule has 0 unspecified atom stereocenters. The number of carbonyl (C=O) groups excluding carboxylic acids is 1. The summed E-state index contributed by atoms with van der Waals surface area (Å²) in [4.78, 5) is 13.1. The molecule has 0 saturated heterocycles. The van der Waals surface area contributed by atoms with Gasteiger partial charge in [0, 0.05) is 28.7 Å². The number of benzene rings is 2. The molecule has 2 aromatic carbocycles. The molecule has 152 valence electrons. The first-order valence-corrected chi connectivity index (χ1v) is 10.6. The normalized spacial score (nSPS) is 10.8. The third-order valence-electron chi connectivity index (χ3n) is 4.29. The molecule has 4 aromatic rings. The van der Waals surface area contributed by atoms with Gasteiger partial charge in [0.1, 0.15) is 6.61 Å². The van der Waals surface area contributed by atoms with Crippen molar-refractivity contribution >= 4 is 23.3 Å². The number of ether oxygens (including phenoxy) is 1. The Kier molecular flexibility index (Phi) is 6.56. The minimum atomic E-state index is 0.00983. The van der Waals surface area contributed by atoms with E-state index in [-0.39, 0.29) is 5.91 Å². The highest BCUT2D eigenvalue weighted by Crippen LogP contribution is 2.19. The SMILES string of the molecule is O=C(CCSc1ccccc1)NCCOc1ccc2nnc(-c3ccccc3)n2n1. The molecule has 0 saturated carbocycles. The van der Waals surface area contributed by atoms with Gasteiger partial charge in [-0.05, 0) is 18.2 Å². The minimum absolute atomic E-state index is 0.00983. The molecule has 0 aliphatic heterocycles. The van der Waals surface area contributed by atoms with Crippen LogP contribution in [0.5, 0.6) is 5.88 Å². The summed E-state index contributed by atoms with van der Waals surface area (Å²) in [6.07, 6.45) is 0.463. The van der Waals surface area contributed by atoms with Gasteiger partial charge in [-0.1, -0.05) is 48.5 Å². The van der Waals surface area contributed by atoms with Crippen LogP contribution < -0.4 is 10.1 Å². The molecule has 30 heavy (non-hydrogen) atoms. The lowest BCUT2D eigenvalue weighted by Gasteiger charge is -2.08. The lowest BCUT2D eigenvalue weighted by Crippen LogP contribution is -2.28. The Hall–Kier alpha value is -3.39. The zero-order chi connectivity index (χ0) is 20.6. The van der Waals surface area contributed by atoms with Crippen LogP contribution in [0.1, 0.15) is 6.42 Å². The second-order valence-electron chi connectivity index (χ2n) is 6.44. The molecule has 1 amide bonds. The van der Waals surface area contributed by atoms with E-state index in [1.165, 1.54) is 4.90 Å². The van der Waals surface area contributed by atoms with Gasteiger partial charge in [-0.15, -0.1) is 27.1 Å². The van der Waals surface area contributed by atoms with Crippen molar-refractivity contribution in [2.75, 3.05) is 18.9 Å². The van der Waals surface area contributed by atoms with Gasteiger partial charge in [0.15, 0.2) is 11.5 Å². The molecule has 0 fully saturated rings. The molecule has 7 nitrogen and oxygen atoms in total. The van der Waals surface area contributed by atoms with Gasteiger partial charge in [-0.25, -0.2) is 0 Å². The van der Waals surface area contributed by atoms with Gasteiger partial charge in [0.2, 0.25) is 11.8 Å². The number of fused-ring (bicyclic) bond motifs is 1. The van der Waals surface area contributed by atoms with Gasteiger partial charge < -0.3 is 10.1 Å². The fourth-order valence-electron chi connectivity index (χ4n) is 2.83. The Morgan fingerprint density at radius 3 is 2.53 bits per heavy atom. The molecule has 4 rings (SSSR count). The van der Waals surface area contributed by atoms with E-state index in [0.717, 1.165) is 11.3 Å². The fourth-order valence-corrected chi connectivity index (χ4v) is 3.70. The van der Waals surface area contributed by atoms with Crippen LogP contribution in [0.25, 0.3) is 17.0 Å². The zero-order valence-electron chi connectivity index (χ0n) is 16.3. The van der Waals surface area contributed by atoms with E-state index in [1.807, 2.05) is 60.7 Å². The molecular formula is C22H21N5O2S. The van der Waals surface area contributed by atoms with Gasteiger partial charge in [0.25, 0.3) is 0 Å². The fraction of sp³-hybridized carbons (Fsp3) is 0.182. The maximum Gasteiger partial charge on any atom is 0.231 e. The van der Waals surface area contributed by atoms with Crippen LogP contribution in [0.15, 0.2) is 77.7 Å². The number of thioether (sulfide) groups is 1. The van der Waals surface area contributed by atoms with Crippen molar-refractivity contribution in [2.45, 2.75) is 11.3 Å². The van der Waals surface area contributed by atoms with E-state index in [4.69, 9.17) is 4.74 Å². The number of aromatic nitrogens is 4. The molecule has 1 N–H and O–H groups in total.